The zero-order valence-electron chi connectivity index (χ0n) is 9.78. The van der Waals surface area contributed by atoms with Crippen molar-refractivity contribution in [1.82, 2.24) is 4.90 Å². The van der Waals surface area contributed by atoms with Crippen molar-refractivity contribution < 1.29 is 5.11 Å². The van der Waals surface area contributed by atoms with Crippen LogP contribution in [0.5, 0.6) is 0 Å². The standard InChI is InChI=1S/C12H24N2O/c1-10-3-6-14(7-4-10)11-2-5-12(13,8-11)9-15/h10-11,15H,2-9,13H2,1H3. The predicted octanol–water partition coefficient (Wildman–Crippen LogP) is 0.961. The second kappa shape index (κ2) is 4.40. The average Bonchev–Trinajstić information content (AvgIpc) is 2.63. The van der Waals surface area contributed by atoms with Crippen LogP contribution >= 0.6 is 0 Å². The van der Waals surface area contributed by atoms with Gasteiger partial charge in [0.1, 0.15) is 0 Å². The molecule has 0 aromatic carbocycles. The van der Waals surface area contributed by atoms with Crippen LogP contribution in [0.3, 0.4) is 0 Å². The van der Waals surface area contributed by atoms with Crippen LogP contribution in [0.25, 0.3) is 0 Å². The van der Waals surface area contributed by atoms with Gasteiger partial charge in [-0.3, -0.25) is 0 Å². The number of aliphatic hydroxyl groups is 1. The molecule has 0 aromatic heterocycles. The second-order valence-electron chi connectivity index (χ2n) is 5.64. The molecule has 3 N–H and O–H groups in total. The van der Waals surface area contributed by atoms with Crippen molar-refractivity contribution in [3.05, 3.63) is 0 Å². The van der Waals surface area contributed by atoms with Gasteiger partial charge < -0.3 is 15.7 Å². The molecule has 0 bridgehead atoms. The molecule has 1 aliphatic heterocycles. The smallest absolute Gasteiger partial charge is 0.0611 e. The Labute approximate surface area is 92.6 Å². The summed E-state index contributed by atoms with van der Waals surface area (Å²) in [6.45, 7) is 4.95. The Morgan fingerprint density at radius 2 is 2.00 bits per heavy atom. The Hall–Kier alpha value is -0.120. The van der Waals surface area contributed by atoms with Gasteiger partial charge in [-0.05, 0) is 51.1 Å². The minimum atomic E-state index is -0.284. The summed E-state index contributed by atoms with van der Waals surface area (Å²) in [4.78, 5) is 2.59. The van der Waals surface area contributed by atoms with Crippen LogP contribution in [0.1, 0.15) is 39.0 Å². The van der Waals surface area contributed by atoms with Gasteiger partial charge in [-0.15, -0.1) is 0 Å². The van der Waals surface area contributed by atoms with E-state index in [1.807, 2.05) is 0 Å². The third kappa shape index (κ3) is 2.52. The van der Waals surface area contributed by atoms with Crippen LogP contribution in [0.4, 0.5) is 0 Å². The maximum Gasteiger partial charge on any atom is 0.0611 e. The summed E-state index contributed by atoms with van der Waals surface area (Å²) in [7, 11) is 0. The first-order valence-corrected chi connectivity index (χ1v) is 6.27. The Morgan fingerprint density at radius 1 is 1.33 bits per heavy atom. The van der Waals surface area contributed by atoms with Gasteiger partial charge >= 0.3 is 0 Å². The van der Waals surface area contributed by atoms with E-state index in [9.17, 15) is 5.11 Å². The minimum absolute atomic E-state index is 0.147. The fourth-order valence-electron chi connectivity index (χ4n) is 2.98. The van der Waals surface area contributed by atoms with Crippen molar-refractivity contribution in [1.29, 1.82) is 0 Å². The van der Waals surface area contributed by atoms with Crippen LogP contribution in [0.2, 0.25) is 0 Å². The number of hydrogen-bond acceptors (Lipinski definition) is 3. The van der Waals surface area contributed by atoms with E-state index in [2.05, 4.69) is 11.8 Å². The predicted molar refractivity (Wildman–Crippen MR) is 61.6 cm³/mol. The van der Waals surface area contributed by atoms with Crippen LogP contribution in [-0.2, 0) is 0 Å². The summed E-state index contributed by atoms with van der Waals surface area (Å²) < 4.78 is 0. The van der Waals surface area contributed by atoms with E-state index in [4.69, 9.17) is 5.73 Å². The van der Waals surface area contributed by atoms with Gasteiger partial charge in [-0.25, -0.2) is 0 Å². The molecule has 3 nitrogen and oxygen atoms in total. The molecule has 0 aromatic rings. The molecular formula is C12H24N2O. The lowest BCUT2D eigenvalue weighted by atomic mass is 9.96. The van der Waals surface area contributed by atoms with Gasteiger partial charge in [0, 0.05) is 11.6 Å². The summed E-state index contributed by atoms with van der Waals surface area (Å²) in [5, 5.41) is 9.24. The first-order chi connectivity index (χ1) is 7.13. The lowest BCUT2D eigenvalue weighted by molar-refractivity contribution is 0.127. The van der Waals surface area contributed by atoms with Crippen LogP contribution < -0.4 is 5.73 Å². The monoisotopic (exact) mass is 212 g/mol. The maximum absolute atomic E-state index is 9.24. The quantitative estimate of drug-likeness (QED) is 0.717. The Morgan fingerprint density at radius 3 is 2.53 bits per heavy atom. The van der Waals surface area contributed by atoms with Gasteiger partial charge in [-0.2, -0.15) is 0 Å². The summed E-state index contributed by atoms with van der Waals surface area (Å²) in [5.41, 5.74) is 5.82. The number of rotatable bonds is 2. The zero-order valence-corrected chi connectivity index (χ0v) is 9.78. The molecule has 88 valence electrons. The molecule has 2 atom stereocenters. The first kappa shape index (κ1) is 11.4. The van der Waals surface area contributed by atoms with Crippen molar-refractivity contribution in [3.63, 3.8) is 0 Å². The molecule has 1 heterocycles. The van der Waals surface area contributed by atoms with Gasteiger partial charge in [0.25, 0.3) is 0 Å². The normalized spacial score (nSPS) is 39.8. The Bertz CT molecular complexity index is 214. The highest BCUT2D eigenvalue weighted by Gasteiger charge is 2.38. The second-order valence-corrected chi connectivity index (χ2v) is 5.64. The molecule has 2 unspecified atom stereocenters. The van der Waals surface area contributed by atoms with Crippen LogP contribution in [0.15, 0.2) is 0 Å². The highest BCUT2D eigenvalue weighted by atomic mass is 16.3. The third-order valence-electron chi connectivity index (χ3n) is 4.27. The van der Waals surface area contributed by atoms with Crippen molar-refractivity contribution in [2.24, 2.45) is 11.7 Å². The summed E-state index contributed by atoms with van der Waals surface area (Å²) >= 11 is 0. The summed E-state index contributed by atoms with van der Waals surface area (Å²) in [6, 6.07) is 0.634. The van der Waals surface area contributed by atoms with E-state index < -0.39 is 0 Å². The highest BCUT2D eigenvalue weighted by molar-refractivity contribution is 4.97. The number of nitrogens with two attached hydrogens (primary N) is 1. The van der Waals surface area contributed by atoms with Crippen LogP contribution in [0, 0.1) is 5.92 Å². The van der Waals surface area contributed by atoms with E-state index in [0.29, 0.717) is 6.04 Å². The van der Waals surface area contributed by atoms with E-state index in [0.717, 1.165) is 18.8 Å². The van der Waals surface area contributed by atoms with E-state index >= 15 is 0 Å². The SMILES string of the molecule is CC1CCN(C2CCC(N)(CO)C2)CC1. The van der Waals surface area contributed by atoms with Crippen molar-refractivity contribution in [2.75, 3.05) is 19.7 Å². The molecule has 2 fully saturated rings. The number of likely N-dealkylation sites (tertiary alicyclic amines) is 1. The molecule has 15 heavy (non-hydrogen) atoms. The maximum atomic E-state index is 9.24. The Kier molecular flexibility index (Phi) is 3.33. The van der Waals surface area contributed by atoms with Crippen molar-refractivity contribution in [3.8, 4) is 0 Å². The van der Waals surface area contributed by atoms with E-state index in [1.54, 1.807) is 0 Å². The zero-order chi connectivity index (χ0) is 10.9. The van der Waals surface area contributed by atoms with Crippen LogP contribution in [-0.4, -0.2) is 41.3 Å². The average molecular weight is 212 g/mol. The molecule has 0 radical (unpaired) electrons. The fraction of sp³-hybridized carbons (Fsp3) is 1.00. The molecule has 1 saturated heterocycles. The lowest BCUT2D eigenvalue weighted by Gasteiger charge is -2.35. The molecule has 0 spiro atoms. The summed E-state index contributed by atoms with van der Waals surface area (Å²) in [5.74, 6) is 0.892. The Balaban J connectivity index is 1.86. The van der Waals surface area contributed by atoms with Gasteiger partial charge in [0.2, 0.25) is 0 Å². The van der Waals surface area contributed by atoms with Crippen molar-refractivity contribution >= 4 is 0 Å². The first-order valence-electron chi connectivity index (χ1n) is 6.27. The van der Waals surface area contributed by atoms with Gasteiger partial charge in [-0.1, -0.05) is 6.92 Å². The largest absolute Gasteiger partial charge is 0.394 e. The molecule has 0 amide bonds. The van der Waals surface area contributed by atoms with Crippen molar-refractivity contribution in [2.45, 2.75) is 50.6 Å². The van der Waals surface area contributed by atoms with Gasteiger partial charge in [0.05, 0.1) is 6.61 Å². The highest BCUT2D eigenvalue weighted by Crippen LogP contribution is 2.32. The molecule has 3 heteroatoms. The van der Waals surface area contributed by atoms with E-state index in [-0.39, 0.29) is 12.1 Å². The summed E-state index contributed by atoms with van der Waals surface area (Å²) in [6.07, 6.45) is 5.80. The fourth-order valence-corrected chi connectivity index (χ4v) is 2.98. The molecule has 1 aliphatic carbocycles. The topological polar surface area (TPSA) is 49.5 Å². The lowest BCUT2D eigenvalue weighted by Crippen LogP contribution is -2.45. The number of nitrogens with zero attached hydrogens (tertiary/aromatic N) is 1. The number of piperidine rings is 1. The molecule has 2 rings (SSSR count). The minimum Gasteiger partial charge on any atom is -0.394 e. The van der Waals surface area contributed by atoms with Gasteiger partial charge in [0.15, 0.2) is 0 Å². The van der Waals surface area contributed by atoms with E-state index in [1.165, 1.54) is 32.4 Å². The third-order valence-corrected chi connectivity index (χ3v) is 4.27. The number of hydrogen-bond donors (Lipinski definition) is 2. The number of aliphatic hydroxyl groups excluding tert-OH is 1. The molecular weight excluding hydrogens is 188 g/mol. The molecule has 1 saturated carbocycles. The molecule has 2 aliphatic rings.